The molecule has 0 unspecified atom stereocenters. The van der Waals surface area contributed by atoms with Gasteiger partial charge in [0.2, 0.25) is 0 Å². The SMILES string of the molecule is Cc1cncc(COc2ccccc2C(=O)O)c1. The van der Waals surface area contributed by atoms with Gasteiger partial charge in [-0.05, 0) is 30.7 Å². The lowest BCUT2D eigenvalue weighted by Crippen LogP contribution is -2.03. The van der Waals surface area contributed by atoms with E-state index in [0.717, 1.165) is 11.1 Å². The van der Waals surface area contributed by atoms with E-state index >= 15 is 0 Å². The lowest BCUT2D eigenvalue weighted by atomic mass is 10.2. The highest BCUT2D eigenvalue weighted by atomic mass is 16.5. The van der Waals surface area contributed by atoms with Crippen LogP contribution in [0.25, 0.3) is 0 Å². The third-order valence-electron chi connectivity index (χ3n) is 2.44. The van der Waals surface area contributed by atoms with Crippen molar-refractivity contribution in [1.82, 2.24) is 4.98 Å². The van der Waals surface area contributed by atoms with E-state index in [9.17, 15) is 4.79 Å². The Morgan fingerprint density at radius 1 is 1.33 bits per heavy atom. The Kier molecular flexibility index (Phi) is 3.57. The maximum atomic E-state index is 11.0. The van der Waals surface area contributed by atoms with Crippen molar-refractivity contribution in [3.05, 3.63) is 59.4 Å². The van der Waals surface area contributed by atoms with E-state index in [0.29, 0.717) is 12.4 Å². The highest BCUT2D eigenvalue weighted by molar-refractivity contribution is 5.90. The van der Waals surface area contributed by atoms with Gasteiger partial charge in [0, 0.05) is 18.0 Å². The van der Waals surface area contributed by atoms with Gasteiger partial charge in [0.15, 0.2) is 0 Å². The van der Waals surface area contributed by atoms with E-state index in [2.05, 4.69) is 4.98 Å². The molecule has 0 aliphatic carbocycles. The standard InChI is InChI=1S/C14H13NO3/c1-10-6-11(8-15-7-10)9-18-13-5-3-2-4-12(13)14(16)17/h2-8H,9H2,1H3,(H,16,17). The Hall–Kier alpha value is -2.36. The van der Waals surface area contributed by atoms with Crippen LogP contribution in [0.5, 0.6) is 5.75 Å². The summed E-state index contributed by atoms with van der Waals surface area (Å²) in [4.78, 5) is 15.1. The van der Waals surface area contributed by atoms with E-state index in [-0.39, 0.29) is 5.56 Å². The van der Waals surface area contributed by atoms with Gasteiger partial charge in [0.1, 0.15) is 17.9 Å². The Balaban J connectivity index is 2.13. The number of ether oxygens (including phenoxy) is 1. The van der Waals surface area contributed by atoms with Crippen molar-refractivity contribution in [2.24, 2.45) is 0 Å². The Labute approximate surface area is 105 Å². The summed E-state index contributed by atoms with van der Waals surface area (Å²) in [6, 6.07) is 8.54. The molecule has 4 nitrogen and oxygen atoms in total. The average molecular weight is 243 g/mol. The maximum absolute atomic E-state index is 11.0. The molecule has 0 spiro atoms. The van der Waals surface area contributed by atoms with Crippen LogP contribution in [0.3, 0.4) is 0 Å². The number of benzene rings is 1. The number of hydrogen-bond acceptors (Lipinski definition) is 3. The van der Waals surface area contributed by atoms with E-state index < -0.39 is 5.97 Å². The maximum Gasteiger partial charge on any atom is 0.339 e. The zero-order valence-electron chi connectivity index (χ0n) is 9.96. The minimum absolute atomic E-state index is 0.165. The monoisotopic (exact) mass is 243 g/mol. The van der Waals surface area contributed by atoms with Gasteiger partial charge in [-0.3, -0.25) is 4.98 Å². The van der Waals surface area contributed by atoms with Crippen molar-refractivity contribution in [2.75, 3.05) is 0 Å². The number of para-hydroxylation sites is 1. The molecule has 0 radical (unpaired) electrons. The van der Waals surface area contributed by atoms with Gasteiger partial charge < -0.3 is 9.84 Å². The Morgan fingerprint density at radius 3 is 2.83 bits per heavy atom. The predicted octanol–water partition coefficient (Wildman–Crippen LogP) is 2.67. The van der Waals surface area contributed by atoms with Gasteiger partial charge in [-0.15, -0.1) is 0 Å². The molecule has 0 saturated heterocycles. The van der Waals surface area contributed by atoms with Crippen LogP contribution in [-0.2, 0) is 6.61 Å². The second-order valence-electron chi connectivity index (χ2n) is 3.96. The predicted molar refractivity (Wildman–Crippen MR) is 66.7 cm³/mol. The number of aromatic nitrogens is 1. The van der Waals surface area contributed by atoms with Gasteiger partial charge in [-0.25, -0.2) is 4.79 Å². The first-order valence-electron chi connectivity index (χ1n) is 5.52. The molecule has 0 amide bonds. The number of carboxylic acid groups (broad SMARTS) is 1. The van der Waals surface area contributed by atoms with Crippen LogP contribution in [0.2, 0.25) is 0 Å². The number of hydrogen-bond donors (Lipinski definition) is 1. The van der Waals surface area contributed by atoms with Gasteiger partial charge in [-0.1, -0.05) is 12.1 Å². The third kappa shape index (κ3) is 2.85. The number of aromatic carboxylic acids is 1. The average Bonchev–Trinajstić information content (AvgIpc) is 2.37. The van der Waals surface area contributed by atoms with Crippen molar-refractivity contribution in [1.29, 1.82) is 0 Å². The summed E-state index contributed by atoms with van der Waals surface area (Å²) < 4.78 is 5.52. The summed E-state index contributed by atoms with van der Waals surface area (Å²) in [6.07, 6.45) is 3.46. The van der Waals surface area contributed by atoms with Crippen molar-refractivity contribution >= 4 is 5.97 Å². The van der Waals surface area contributed by atoms with E-state index in [1.54, 1.807) is 30.6 Å². The molecule has 1 heterocycles. The quantitative estimate of drug-likeness (QED) is 0.896. The topological polar surface area (TPSA) is 59.4 Å². The van der Waals surface area contributed by atoms with E-state index in [4.69, 9.17) is 9.84 Å². The fourth-order valence-corrected chi connectivity index (χ4v) is 1.63. The first-order valence-corrected chi connectivity index (χ1v) is 5.52. The van der Waals surface area contributed by atoms with Crippen LogP contribution in [0.4, 0.5) is 0 Å². The van der Waals surface area contributed by atoms with Gasteiger partial charge in [0.25, 0.3) is 0 Å². The molecular formula is C14H13NO3. The highest BCUT2D eigenvalue weighted by Gasteiger charge is 2.09. The normalized spacial score (nSPS) is 10.1. The zero-order chi connectivity index (χ0) is 13.0. The fraction of sp³-hybridized carbons (Fsp3) is 0.143. The van der Waals surface area contributed by atoms with Crippen LogP contribution < -0.4 is 4.74 Å². The van der Waals surface area contributed by atoms with Crippen LogP contribution in [-0.4, -0.2) is 16.1 Å². The lowest BCUT2D eigenvalue weighted by Gasteiger charge is -2.08. The smallest absolute Gasteiger partial charge is 0.339 e. The van der Waals surface area contributed by atoms with Crippen molar-refractivity contribution in [3.63, 3.8) is 0 Å². The summed E-state index contributed by atoms with van der Waals surface area (Å²) in [6.45, 7) is 2.25. The fourth-order valence-electron chi connectivity index (χ4n) is 1.63. The number of carboxylic acids is 1. The second kappa shape index (κ2) is 5.31. The van der Waals surface area contributed by atoms with Crippen LogP contribution in [0, 0.1) is 6.92 Å². The first kappa shape index (κ1) is 12.1. The molecule has 0 bridgehead atoms. The van der Waals surface area contributed by atoms with E-state index in [1.807, 2.05) is 13.0 Å². The molecule has 4 heteroatoms. The molecule has 0 aliphatic rings. The number of pyridine rings is 1. The molecular weight excluding hydrogens is 230 g/mol. The molecule has 0 aliphatic heterocycles. The zero-order valence-corrected chi connectivity index (χ0v) is 9.96. The van der Waals surface area contributed by atoms with Crippen molar-refractivity contribution in [2.45, 2.75) is 13.5 Å². The van der Waals surface area contributed by atoms with Crippen molar-refractivity contribution < 1.29 is 14.6 Å². The molecule has 1 aromatic heterocycles. The van der Waals surface area contributed by atoms with Gasteiger partial charge in [0.05, 0.1) is 0 Å². The lowest BCUT2D eigenvalue weighted by molar-refractivity contribution is 0.0692. The minimum Gasteiger partial charge on any atom is -0.488 e. The molecule has 2 rings (SSSR count). The first-order chi connectivity index (χ1) is 8.66. The number of aryl methyl sites for hydroxylation is 1. The number of rotatable bonds is 4. The molecule has 0 fully saturated rings. The molecule has 1 aromatic carbocycles. The third-order valence-corrected chi connectivity index (χ3v) is 2.44. The summed E-state index contributed by atoms with van der Waals surface area (Å²) >= 11 is 0. The highest BCUT2D eigenvalue weighted by Crippen LogP contribution is 2.19. The Morgan fingerprint density at radius 2 is 2.11 bits per heavy atom. The van der Waals surface area contributed by atoms with Crippen LogP contribution in [0.15, 0.2) is 42.7 Å². The Bertz CT molecular complexity index is 566. The number of nitrogens with zero attached hydrogens (tertiary/aromatic N) is 1. The van der Waals surface area contributed by atoms with Crippen LogP contribution >= 0.6 is 0 Å². The van der Waals surface area contributed by atoms with Gasteiger partial charge >= 0.3 is 5.97 Å². The minimum atomic E-state index is -0.993. The molecule has 0 saturated carbocycles. The van der Waals surface area contributed by atoms with Crippen molar-refractivity contribution in [3.8, 4) is 5.75 Å². The molecule has 2 aromatic rings. The summed E-state index contributed by atoms with van der Waals surface area (Å²) in [5, 5.41) is 9.01. The summed E-state index contributed by atoms with van der Waals surface area (Å²) in [5.74, 6) is -0.625. The molecule has 18 heavy (non-hydrogen) atoms. The molecule has 0 atom stereocenters. The largest absolute Gasteiger partial charge is 0.488 e. The molecule has 1 N–H and O–H groups in total. The van der Waals surface area contributed by atoms with E-state index in [1.165, 1.54) is 6.07 Å². The summed E-state index contributed by atoms with van der Waals surface area (Å²) in [5.41, 5.74) is 2.12. The summed E-state index contributed by atoms with van der Waals surface area (Å²) in [7, 11) is 0. The molecule has 92 valence electrons. The second-order valence-corrected chi connectivity index (χ2v) is 3.96. The number of carbonyl (C=O) groups is 1. The van der Waals surface area contributed by atoms with Gasteiger partial charge in [-0.2, -0.15) is 0 Å². The van der Waals surface area contributed by atoms with Crippen LogP contribution in [0.1, 0.15) is 21.5 Å².